The number of furan rings is 1. The summed E-state index contributed by atoms with van der Waals surface area (Å²) in [7, 11) is 0. The Morgan fingerprint density at radius 2 is 1.86 bits per heavy atom. The normalized spacial score (nSPS) is 14.0. The fraction of sp³-hybridized carbons (Fsp3) is 0.176. The second-order valence-electron chi connectivity index (χ2n) is 4.89. The summed E-state index contributed by atoms with van der Waals surface area (Å²) >= 11 is 7.65. The first-order chi connectivity index (χ1) is 10.2. The molecule has 2 atom stereocenters. The van der Waals surface area contributed by atoms with Crippen molar-refractivity contribution in [1.82, 2.24) is 5.32 Å². The Bertz CT molecular complexity index is 678. The monoisotopic (exact) mass is 317 g/mol. The first-order valence-electron chi connectivity index (χ1n) is 6.83. The van der Waals surface area contributed by atoms with Crippen LogP contribution in [0.3, 0.4) is 0 Å². The zero-order valence-electron chi connectivity index (χ0n) is 11.6. The van der Waals surface area contributed by atoms with E-state index in [1.54, 1.807) is 17.6 Å². The Balaban J connectivity index is 1.86. The lowest BCUT2D eigenvalue weighted by molar-refractivity contribution is 0.422. The van der Waals surface area contributed by atoms with Gasteiger partial charge in [0.25, 0.3) is 0 Å². The molecule has 3 rings (SSSR count). The second kappa shape index (κ2) is 6.48. The second-order valence-corrected chi connectivity index (χ2v) is 6.64. The molecule has 2 aromatic heterocycles. The van der Waals surface area contributed by atoms with Gasteiger partial charge in [0, 0.05) is 10.9 Å². The van der Waals surface area contributed by atoms with Crippen LogP contribution in [0.15, 0.2) is 65.3 Å². The first kappa shape index (κ1) is 14.4. The summed E-state index contributed by atoms with van der Waals surface area (Å²) in [6.45, 7) is 2.15. The van der Waals surface area contributed by atoms with Gasteiger partial charge in [-0.25, -0.2) is 0 Å². The van der Waals surface area contributed by atoms with Gasteiger partial charge in [-0.1, -0.05) is 41.9 Å². The minimum absolute atomic E-state index is 0.00714. The smallest absolute Gasteiger partial charge is 0.126 e. The third kappa shape index (κ3) is 3.38. The van der Waals surface area contributed by atoms with E-state index in [4.69, 9.17) is 16.0 Å². The molecule has 21 heavy (non-hydrogen) atoms. The van der Waals surface area contributed by atoms with Gasteiger partial charge >= 0.3 is 0 Å². The molecule has 1 N–H and O–H groups in total. The van der Waals surface area contributed by atoms with Gasteiger partial charge in [0.1, 0.15) is 11.8 Å². The van der Waals surface area contributed by atoms with Crippen LogP contribution >= 0.6 is 22.9 Å². The van der Waals surface area contributed by atoms with Crippen LogP contribution in [-0.4, -0.2) is 0 Å². The molecule has 0 spiro atoms. The van der Waals surface area contributed by atoms with Gasteiger partial charge in [0.05, 0.1) is 10.6 Å². The van der Waals surface area contributed by atoms with Crippen molar-refractivity contribution in [3.05, 3.63) is 81.4 Å². The third-order valence-corrected chi connectivity index (χ3v) is 4.72. The maximum Gasteiger partial charge on any atom is 0.126 e. The van der Waals surface area contributed by atoms with Crippen LogP contribution in [0, 0.1) is 0 Å². The molecule has 2 unspecified atom stereocenters. The van der Waals surface area contributed by atoms with Crippen molar-refractivity contribution in [2.45, 2.75) is 19.0 Å². The molecule has 0 aliphatic heterocycles. The molecule has 0 saturated carbocycles. The van der Waals surface area contributed by atoms with Crippen molar-refractivity contribution < 1.29 is 4.42 Å². The molecule has 0 aliphatic carbocycles. The minimum atomic E-state index is 0.00714. The maximum atomic E-state index is 6.08. The Hall–Kier alpha value is -1.55. The van der Waals surface area contributed by atoms with E-state index in [0.29, 0.717) is 0 Å². The predicted molar refractivity (Wildman–Crippen MR) is 87.9 cm³/mol. The van der Waals surface area contributed by atoms with Crippen LogP contribution in [0.2, 0.25) is 4.34 Å². The molecular formula is C17H16ClNOS. The number of thiophene rings is 1. The van der Waals surface area contributed by atoms with E-state index in [9.17, 15) is 0 Å². The molecule has 3 aromatic rings. The highest BCUT2D eigenvalue weighted by atomic mass is 35.5. The van der Waals surface area contributed by atoms with Gasteiger partial charge in [0.2, 0.25) is 0 Å². The molecular weight excluding hydrogens is 302 g/mol. The Morgan fingerprint density at radius 1 is 1.05 bits per heavy atom. The average molecular weight is 318 g/mol. The predicted octanol–water partition coefficient (Wildman–Crippen LogP) is 5.43. The van der Waals surface area contributed by atoms with Crippen LogP contribution in [0.5, 0.6) is 0 Å². The largest absolute Gasteiger partial charge is 0.467 e. The number of hydrogen-bond donors (Lipinski definition) is 1. The molecule has 0 saturated heterocycles. The number of rotatable bonds is 5. The lowest BCUT2D eigenvalue weighted by atomic mass is 10.1. The van der Waals surface area contributed by atoms with Crippen LogP contribution in [0.25, 0.3) is 0 Å². The first-order valence-corrected chi connectivity index (χ1v) is 8.03. The van der Waals surface area contributed by atoms with Crippen molar-refractivity contribution in [1.29, 1.82) is 0 Å². The highest BCUT2D eigenvalue weighted by Crippen LogP contribution is 2.33. The Kier molecular flexibility index (Phi) is 4.44. The summed E-state index contributed by atoms with van der Waals surface area (Å²) in [5.41, 5.74) is 1.25. The number of benzene rings is 1. The zero-order chi connectivity index (χ0) is 14.7. The van der Waals surface area contributed by atoms with Crippen molar-refractivity contribution in [2.24, 2.45) is 0 Å². The summed E-state index contributed by atoms with van der Waals surface area (Å²) in [5, 5.41) is 3.62. The maximum absolute atomic E-state index is 6.08. The van der Waals surface area contributed by atoms with Crippen molar-refractivity contribution in [3.8, 4) is 0 Å². The fourth-order valence-electron chi connectivity index (χ4n) is 2.33. The standard InChI is InChI=1S/C17H16ClNOS/c1-12(13-6-3-2-4-7-13)19-17(14-8-5-11-20-14)15-9-10-16(18)21-15/h2-12,17,19H,1H3. The quantitative estimate of drug-likeness (QED) is 0.678. The zero-order valence-corrected chi connectivity index (χ0v) is 13.2. The Labute approximate surface area is 133 Å². The number of hydrogen-bond acceptors (Lipinski definition) is 3. The lowest BCUT2D eigenvalue weighted by Crippen LogP contribution is -2.24. The van der Waals surface area contributed by atoms with Gasteiger partial charge in [-0.15, -0.1) is 11.3 Å². The highest BCUT2D eigenvalue weighted by Gasteiger charge is 2.21. The molecule has 0 amide bonds. The summed E-state index contributed by atoms with van der Waals surface area (Å²) in [6, 6.07) is 18.5. The van der Waals surface area contributed by atoms with Gasteiger partial charge in [0.15, 0.2) is 0 Å². The molecule has 4 heteroatoms. The average Bonchev–Trinajstić information content (AvgIpc) is 3.17. The SMILES string of the molecule is CC(NC(c1ccco1)c1ccc(Cl)s1)c1ccccc1. The van der Waals surface area contributed by atoms with E-state index >= 15 is 0 Å². The van der Waals surface area contributed by atoms with Gasteiger partial charge < -0.3 is 4.42 Å². The summed E-state index contributed by atoms with van der Waals surface area (Å²) in [5.74, 6) is 0.899. The van der Waals surface area contributed by atoms with E-state index in [1.165, 1.54) is 5.56 Å². The molecule has 0 bridgehead atoms. The van der Waals surface area contributed by atoms with Gasteiger partial charge in [-0.3, -0.25) is 5.32 Å². The molecule has 0 fully saturated rings. The van der Waals surface area contributed by atoms with Crippen LogP contribution in [0.1, 0.15) is 35.2 Å². The van der Waals surface area contributed by atoms with E-state index in [-0.39, 0.29) is 12.1 Å². The molecule has 108 valence electrons. The number of halogens is 1. The lowest BCUT2D eigenvalue weighted by Gasteiger charge is -2.21. The molecule has 0 aliphatic rings. The van der Waals surface area contributed by atoms with Crippen LogP contribution in [-0.2, 0) is 0 Å². The van der Waals surface area contributed by atoms with E-state index in [2.05, 4.69) is 36.5 Å². The van der Waals surface area contributed by atoms with Gasteiger partial charge in [-0.2, -0.15) is 0 Å². The Morgan fingerprint density at radius 3 is 2.48 bits per heavy atom. The van der Waals surface area contributed by atoms with E-state index < -0.39 is 0 Å². The van der Waals surface area contributed by atoms with Crippen LogP contribution in [0.4, 0.5) is 0 Å². The molecule has 0 radical (unpaired) electrons. The fourth-order valence-corrected chi connectivity index (χ4v) is 3.46. The number of nitrogens with one attached hydrogen (secondary N) is 1. The van der Waals surface area contributed by atoms with Crippen LogP contribution < -0.4 is 5.32 Å². The van der Waals surface area contributed by atoms with Gasteiger partial charge in [-0.05, 0) is 36.8 Å². The molecule has 1 aromatic carbocycles. The van der Waals surface area contributed by atoms with Crippen molar-refractivity contribution >= 4 is 22.9 Å². The third-order valence-electron chi connectivity index (χ3n) is 3.42. The summed E-state index contributed by atoms with van der Waals surface area (Å²) < 4.78 is 6.38. The minimum Gasteiger partial charge on any atom is -0.467 e. The van der Waals surface area contributed by atoms with Crippen molar-refractivity contribution in [2.75, 3.05) is 0 Å². The topological polar surface area (TPSA) is 25.2 Å². The highest BCUT2D eigenvalue weighted by molar-refractivity contribution is 7.16. The summed E-state index contributed by atoms with van der Waals surface area (Å²) in [4.78, 5) is 1.15. The van der Waals surface area contributed by atoms with E-state index in [1.807, 2.05) is 30.3 Å². The molecule has 2 nitrogen and oxygen atoms in total. The van der Waals surface area contributed by atoms with E-state index in [0.717, 1.165) is 15.0 Å². The summed E-state index contributed by atoms with van der Waals surface area (Å²) in [6.07, 6.45) is 1.70. The van der Waals surface area contributed by atoms with Crippen molar-refractivity contribution in [3.63, 3.8) is 0 Å². The molecule has 2 heterocycles.